The van der Waals surface area contributed by atoms with Crippen molar-refractivity contribution < 1.29 is 9.90 Å². The predicted molar refractivity (Wildman–Crippen MR) is 133 cm³/mol. The summed E-state index contributed by atoms with van der Waals surface area (Å²) in [6, 6.07) is 11.6. The van der Waals surface area contributed by atoms with Crippen LogP contribution in [0.5, 0.6) is 0 Å². The maximum Gasteiger partial charge on any atom is 0.253 e. The summed E-state index contributed by atoms with van der Waals surface area (Å²) in [5.41, 5.74) is 0.617. The van der Waals surface area contributed by atoms with E-state index in [1.54, 1.807) is 0 Å². The Hall–Kier alpha value is -2.77. The van der Waals surface area contributed by atoms with Gasteiger partial charge in [0.2, 0.25) is 5.91 Å². The van der Waals surface area contributed by atoms with Crippen LogP contribution in [0.1, 0.15) is 56.2 Å². The van der Waals surface area contributed by atoms with Crippen molar-refractivity contribution in [3.8, 4) is 0 Å². The van der Waals surface area contributed by atoms with E-state index in [1.807, 2.05) is 41.3 Å². The Morgan fingerprint density at radius 1 is 1.15 bits per heavy atom. The normalized spacial score (nSPS) is 19.5. The summed E-state index contributed by atoms with van der Waals surface area (Å²) in [7, 11) is 0. The molecule has 2 saturated heterocycles. The number of carbonyl (C=O) groups is 1. The fourth-order valence-corrected chi connectivity index (χ4v) is 4.88. The Kier molecular flexibility index (Phi) is 7.95. The molecule has 1 N–H and O–H groups in total. The first-order valence-corrected chi connectivity index (χ1v) is 12.4. The second-order valence-corrected chi connectivity index (χ2v) is 9.81. The maximum absolute atomic E-state index is 12.8. The van der Waals surface area contributed by atoms with E-state index in [-0.39, 0.29) is 23.9 Å². The van der Waals surface area contributed by atoms with E-state index in [2.05, 4.69) is 22.9 Å². The van der Waals surface area contributed by atoms with Gasteiger partial charge in [0, 0.05) is 32.1 Å². The van der Waals surface area contributed by atoms with E-state index < -0.39 is 5.60 Å². The van der Waals surface area contributed by atoms with E-state index in [4.69, 9.17) is 0 Å². The van der Waals surface area contributed by atoms with E-state index >= 15 is 0 Å². The molecule has 0 unspecified atom stereocenters. The highest BCUT2D eigenvalue weighted by Crippen LogP contribution is 2.26. The number of hydrogen-bond donors (Lipinski definition) is 1. The SMILES string of the molecule is C[C@H](CC(=O)N1CCC(O)(Cn2cnc(/C=C/CN3CCCC3)cc2=O)CC1)c1ccccc1. The molecule has 182 valence electrons. The molecule has 0 saturated carbocycles. The van der Waals surface area contributed by atoms with Crippen LogP contribution in [0.2, 0.25) is 0 Å². The van der Waals surface area contributed by atoms with Gasteiger partial charge in [-0.15, -0.1) is 0 Å². The number of likely N-dealkylation sites (tertiary alicyclic amines) is 2. The Bertz CT molecular complexity index is 1040. The Morgan fingerprint density at radius 2 is 1.85 bits per heavy atom. The van der Waals surface area contributed by atoms with Crippen LogP contribution in [0.25, 0.3) is 6.08 Å². The third-order valence-electron chi connectivity index (χ3n) is 7.11. The number of hydrogen-bond acceptors (Lipinski definition) is 5. The molecule has 0 spiro atoms. The topological polar surface area (TPSA) is 78.7 Å². The molecule has 34 heavy (non-hydrogen) atoms. The molecular formula is C27H36N4O3. The first-order chi connectivity index (χ1) is 16.4. The summed E-state index contributed by atoms with van der Waals surface area (Å²) in [6.45, 7) is 6.40. The smallest absolute Gasteiger partial charge is 0.253 e. The summed E-state index contributed by atoms with van der Waals surface area (Å²) >= 11 is 0. The fourth-order valence-electron chi connectivity index (χ4n) is 4.88. The molecule has 2 aliphatic rings. The van der Waals surface area contributed by atoms with Crippen molar-refractivity contribution in [3.05, 3.63) is 70.4 Å². The monoisotopic (exact) mass is 464 g/mol. The van der Waals surface area contributed by atoms with Gasteiger partial charge < -0.3 is 10.0 Å². The molecular weight excluding hydrogens is 428 g/mol. The van der Waals surface area contributed by atoms with Crippen molar-refractivity contribution in [1.29, 1.82) is 0 Å². The van der Waals surface area contributed by atoms with Crippen LogP contribution in [0.4, 0.5) is 0 Å². The van der Waals surface area contributed by atoms with Crippen molar-refractivity contribution in [2.24, 2.45) is 0 Å². The number of carbonyl (C=O) groups excluding carboxylic acids is 1. The molecule has 1 atom stereocenters. The third kappa shape index (κ3) is 6.42. The van der Waals surface area contributed by atoms with Crippen LogP contribution in [-0.4, -0.2) is 68.7 Å². The second-order valence-electron chi connectivity index (χ2n) is 9.81. The number of rotatable bonds is 8. The first kappa shape index (κ1) is 24.4. The Balaban J connectivity index is 1.28. The van der Waals surface area contributed by atoms with Gasteiger partial charge in [-0.05, 0) is 56.3 Å². The summed E-state index contributed by atoms with van der Waals surface area (Å²) in [5, 5.41) is 11.1. The van der Waals surface area contributed by atoms with Gasteiger partial charge in [-0.2, -0.15) is 0 Å². The fraction of sp³-hybridized carbons (Fsp3) is 0.519. The molecule has 1 aromatic heterocycles. The summed E-state index contributed by atoms with van der Waals surface area (Å²) in [4.78, 5) is 34.0. The molecule has 4 rings (SSSR count). The van der Waals surface area contributed by atoms with Gasteiger partial charge in [-0.25, -0.2) is 4.98 Å². The number of aromatic nitrogens is 2. The number of nitrogens with zero attached hydrogens (tertiary/aromatic N) is 4. The molecule has 2 aromatic rings. The Labute approximate surface area is 201 Å². The number of piperidine rings is 1. The van der Waals surface area contributed by atoms with Crippen LogP contribution in [-0.2, 0) is 11.3 Å². The molecule has 2 aliphatic heterocycles. The molecule has 2 fully saturated rings. The van der Waals surface area contributed by atoms with E-state index in [0.717, 1.165) is 25.2 Å². The Morgan fingerprint density at radius 3 is 2.53 bits per heavy atom. The van der Waals surface area contributed by atoms with Gasteiger partial charge in [-0.1, -0.05) is 43.3 Å². The molecule has 0 radical (unpaired) electrons. The largest absolute Gasteiger partial charge is 0.388 e. The van der Waals surface area contributed by atoms with Crippen LogP contribution in [0, 0.1) is 0 Å². The molecule has 3 heterocycles. The number of benzene rings is 1. The lowest BCUT2D eigenvalue weighted by Gasteiger charge is -2.38. The lowest BCUT2D eigenvalue weighted by Crippen LogP contribution is -2.49. The first-order valence-electron chi connectivity index (χ1n) is 12.4. The quantitative estimate of drug-likeness (QED) is 0.650. The highest BCUT2D eigenvalue weighted by molar-refractivity contribution is 5.77. The molecule has 0 bridgehead atoms. The number of amides is 1. The van der Waals surface area contributed by atoms with Crippen LogP contribution in [0.3, 0.4) is 0 Å². The van der Waals surface area contributed by atoms with Crippen molar-refractivity contribution >= 4 is 12.0 Å². The van der Waals surface area contributed by atoms with Crippen LogP contribution < -0.4 is 5.56 Å². The minimum absolute atomic E-state index is 0.113. The van der Waals surface area contributed by atoms with Gasteiger partial charge in [0.25, 0.3) is 5.56 Å². The average molecular weight is 465 g/mol. The summed E-state index contributed by atoms with van der Waals surface area (Å²) in [5.74, 6) is 0.268. The van der Waals surface area contributed by atoms with E-state index in [9.17, 15) is 14.7 Å². The van der Waals surface area contributed by atoms with Crippen molar-refractivity contribution in [1.82, 2.24) is 19.4 Å². The van der Waals surface area contributed by atoms with Crippen LogP contribution >= 0.6 is 0 Å². The van der Waals surface area contributed by atoms with Crippen molar-refractivity contribution in [2.75, 3.05) is 32.7 Å². The zero-order valence-electron chi connectivity index (χ0n) is 20.1. The molecule has 1 amide bonds. The highest BCUT2D eigenvalue weighted by Gasteiger charge is 2.34. The minimum Gasteiger partial charge on any atom is -0.388 e. The minimum atomic E-state index is -1.01. The van der Waals surface area contributed by atoms with Crippen LogP contribution in [0.15, 0.2) is 53.6 Å². The van der Waals surface area contributed by atoms with E-state index in [0.29, 0.717) is 38.0 Å². The summed E-state index contributed by atoms with van der Waals surface area (Å²) < 4.78 is 1.48. The summed E-state index contributed by atoms with van der Waals surface area (Å²) in [6.07, 6.45) is 9.32. The predicted octanol–water partition coefficient (Wildman–Crippen LogP) is 2.90. The van der Waals surface area contributed by atoms with Gasteiger partial charge in [0.15, 0.2) is 0 Å². The number of aliphatic hydroxyl groups is 1. The van der Waals surface area contributed by atoms with Gasteiger partial charge in [0.05, 0.1) is 24.2 Å². The third-order valence-corrected chi connectivity index (χ3v) is 7.11. The maximum atomic E-state index is 12.8. The molecule has 1 aromatic carbocycles. The molecule has 7 nitrogen and oxygen atoms in total. The lowest BCUT2D eigenvalue weighted by molar-refractivity contribution is -0.136. The van der Waals surface area contributed by atoms with Gasteiger partial charge >= 0.3 is 0 Å². The zero-order chi connectivity index (χ0) is 24.0. The molecule has 0 aliphatic carbocycles. The van der Waals surface area contributed by atoms with Crippen molar-refractivity contribution in [3.63, 3.8) is 0 Å². The lowest BCUT2D eigenvalue weighted by atomic mass is 9.90. The molecule has 7 heteroatoms. The highest BCUT2D eigenvalue weighted by atomic mass is 16.3. The van der Waals surface area contributed by atoms with E-state index in [1.165, 1.54) is 29.8 Å². The second kappa shape index (κ2) is 11.1. The average Bonchev–Trinajstić information content (AvgIpc) is 3.35. The van der Waals surface area contributed by atoms with Gasteiger partial charge in [0.1, 0.15) is 0 Å². The zero-order valence-corrected chi connectivity index (χ0v) is 20.1. The van der Waals surface area contributed by atoms with Crippen molar-refractivity contribution in [2.45, 2.75) is 57.1 Å². The standard InChI is InChI=1S/C27H36N4O3/c1-22(23-8-3-2-4-9-23)18-25(32)30-16-11-27(34,12-17-30)20-31-21-28-24(19-26(31)33)10-7-15-29-13-5-6-14-29/h2-4,7-10,19,21-22,34H,5-6,11-18,20H2,1H3/b10-7+/t22-/m1/s1. The van der Waals surface area contributed by atoms with Gasteiger partial charge in [-0.3, -0.25) is 19.1 Å².